The number of pyridine rings is 2. The van der Waals surface area contributed by atoms with Crippen LogP contribution in [0.25, 0.3) is 22.0 Å². The van der Waals surface area contributed by atoms with Crippen molar-refractivity contribution in [3.05, 3.63) is 78.0 Å². The van der Waals surface area contributed by atoms with Crippen LogP contribution in [-0.2, 0) is 0 Å². The second kappa shape index (κ2) is 6.61. The minimum absolute atomic E-state index is 0.278. The molecule has 1 aromatic carbocycles. The zero-order valence-corrected chi connectivity index (χ0v) is 14.4. The van der Waals surface area contributed by atoms with Gasteiger partial charge in [-0.1, -0.05) is 0 Å². The van der Waals surface area contributed by atoms with Crippen LogP contribution < -0.4 is 0 Å². The van der Waals surface area contributed by atoms with Gasteiger partial charge in [0, 0.05) is 28.9 Å². The first kappa shape index (κ1) is 16.9. The predicted molar refractivity (Wildman–Crippen MR) is 98.9 cm³/mol. The lowest BCUT2D eigenvalue weighted by atomic mass is 9.99. The van der Waals surface area contributed by atoms with E-state index in [1.165, 1.54) is 18.2 Å². The van der Waals surface area contributed by atoms with E-state index in [2.05, 4.69) is 16.0 Å². The Balaban J connectivity index is 1.95. The van der Waals surface area contributed by atoms with E-state index in [4.69, 9.17) is 11.4 Å². The summed E-state index contributed by atoms with van der Waals surface area (Å²) in [6.45, 7) is 1.92. The van der Waals surface area contributed by atoms with Gasteiger partial charge in [0.15, 0.2) is 0 Å². The van der Waals surface area contributed by atoms with E-state index in [0.29, 0.717) is 33.4 Å². The zero-order valence-electron chi connectivity index (χ0n) is 14.4. The summed E-state index contributed by atoms with van der Waals surface area (Å²) < 4.78 is 29.1. The molecular weight excluding hydrogens is 346 g/mol. The topological polar surface area (TPSA) is 43.6 Å². The molecule has 1 atom stereocenters. The van der Waals surface area contributed by atoms with E-state index in [-0.39, 0.29) is 11.9 Å². The van der Waals surface area contributed by atoms with Gasteiger partial charge in [0.05, 0.1) is 23.4 Å². The second-order valence-electron chi connectivity index (χ2n) is 6.15. The van der Waals surface area contributed by atoms with Gasteiger partial charge in [0.2, 0.25) is 0 Å². The molecule has 27 heavy (non-hydrogen) atoms. The van der Waals surface area contributed by atoms with Gasteiger partial charge < -0.3 is 0 Å². The Hall–Kier alpha value is -3.59. The Labute approximate surface area is 154 Å². The van der Waals surface area contributed by atoms with Crippen LogP contribution in [0.3, 0.4) is 0 Å². The van der Waals surface area contributed by atoms with Crippen LogP contribution in [0.2, 0.25) is 0 Å². The first-order valence-corrected chi connectivity index (χ1v) is 8.28. The van der Waals surface area contributed by atoms with Gasteiger partial charge in [-0.15, -0.1) is 6.42 Å². The third kappa shape index (κ3) is 3.15. The Morgan fingerprint density at radius 1 is 1.07 bits per heavy atom. The molecule has 0 aliphatic heterocycles. The van der Waals surface area contributed by atoms with Crippen molar-refractivity contribution < 1.29 is 8.78 Å². The monoisotopic (exact) mass is 360 g/mol. The van der Waals surface area contributed by atoms with Gasteiger partial charge in [-0.25, -0.2) is 13.8 Å². The van der Waals surface area contributed by atoms with E-state index in [9.17, 15) is 8.78 Å². The Morgan fingerprint density at radius 3 is 2.67 bits per heavy atom. The third-order valence-electron chi connectivity index (χ3n) is 4.37. The highest BCUT2D eigenvalue weighted by atomic mass is 19.1. The highest BCUT2D eigenvalue weighted by Crippen LogP contribution is 2.32. The van der Waals surface area contributed by atoms with Gasteiger partial charge in [-0.3, -0.25) is 9.67 Å². The molecule has 0 aliphatic carbocycles. The molecule has 0 amide bonds. The summed E-state index contributed by atoms with van der Waals surface area (Å²) in [6, 6.07) is 9.00. The maximum absolute atomic E-state index is 13.8. The van der Waals surface area contributed by atoms with E-state index in [1.807, 2.05) is 6.92 Å². The number of aromatic nitrogens is 4. The highest BCUT2D eigenvalue weighted by Gasteiger charge is 2.18. The summed E-state index contributed by atoms with van der Waals surface area (Å²) >= 11 is 0. The van der Waals surface area contributed by atoms with Gasteiger partial charge in [0.1, 0.15) is 17.3 Å². The normalized spacial score (nSPS) is 12.1. The van der Waals surface area contributed by atoms with E-state index >= 15 is 0 Å². The molecule has 0 N–H and O–H groups in total. The maximum atomic E-state index is 13.8. The first-order valence-electron chi connectivity index (χ1n) is 8.28. The summed E-state index contributed by atoms with van der Waals surface area (Å²) in [5.41, 5.74) is 3.02. The van der Waals surface area contributed by atoms with Crippen LogP contribution in [0, 0.1) is 24.0 Å². The Morgan fingerprint density at radius 2 is 1.93 bits per heavy atom. The lowest BCUT2D eigenvalue weighted by Crippen LogP contribution is -2.11. The molecule has 0 saturated carbocycles. The molecule has 0 aliphatic rings. The van der Waals surface area contributed by atoms with Crippen LogP contribution in [0.1, 0.15) is 24.4 Å². The number of benzene rings is 1. The standard InChI is InChI=1S/C21H14F2N4/c1-3-18-6-7-27(26-18)13(2)21-19(15-9-17(23)12-24-11-15)10-14-8-16(22)4-5-20(14)25-21/h1,4-13H,2H3. The highest BCUT2D eigenvalue weighted by molar-refractivity contribution is 5.85. The quantitative estimate of drug-likeness (QED) is 0.510. The van der Waals surface area contributed by atoms with Crippen molar-refractivity contribution in [3.8, 4) is 23.5 Å². The molecule has 0 saturated heterocycles. The molecule has 3 aromatic heterocycles. The van der Waals surface area contributed by atoms with Crippen molar-refractivity contribution in [3.63, 3.8) is 0 Å². The third-order valence-corrected chi connectivity index (χ3v) is 4.37. The molecule has 6 heteroatoms. The molecule has 0 bridgehead atoms. The minimum Gasteiger partial charge on any atom is -0.263 e. The van der Waals surface area contributed by atoms with E-state index in [0.717, 1.165) is 6.20 Å². The summed E-state index contributed by atoms with van der Waals surface area (Å²) in [6.07, 6.45) is 9.85. The molecule has 4 nitrogen and oxygen atoms in total. The fourth-order valence-electron chi connectivity index (χ4n) is 3.03. The number of rotatable bonds is 3. The fourth-order valence-corrected chi connectivity index (χ4v) is 3.03. The largest absolute Gasteiger partial charge is 0.263 e. The predicted octanol–water partition coefficient (Wildman–Crippen LogP) is 4.36. The van der Waals surface area contributed by atoms with Crippen LogP contribution in [0.5, 0.6) is 0 Å². The molecule has 1 unspecified atom stereocenters. The average Bonchev–Trinajstić information content (AvgIpc) is 3.15. The van der Waals surface area contributed by atoms with Crippen molar-refractivity contribution in [1.82, 2.24) is 19.7 Å². The molecule has 3 heterocycles. The number of halogens is 2. The summed E-state index contributed by atoms with van der Waals surface area (Å²) in [7, 11) is 0. The molecular formula is C21H14F2N4. The molecule has 0 fully saturated rings. The van der Waals surface area contributed by atoms with Gasteiger partial charge >= 0.3 is 0 Å². The van der Waals surface area contributed by atoms with Crippen LogP contribution >= 0.6 is 0 Å². The molecule has 0 radical (unpaired) electrons. The molecule has 4 aromatic rings. The lowest BCUT2D eigenvalue weighted by Gasteiger charge is -2.17. The second-order valence-corrected chi connectivity index (χ2v) is 6.15. The summed E-state index contributed by atoms with van der Waals surface area (Å²) in [5.74, 6) is 1.67. The number of nitrogens with zero attached hydrogens (tertiary/aromatic N) is 4. The summed E-state index contributed by atoms with van der Waals surface area (Å²) in [5, 5.41) is 4.96. The van der Waals surface area contributed by atoms with Crippen LogP contribution in [0.15, 0.2) is 55.0 Å². The van der Waals surface area contributed by atoms with Crippen molar-refractivity contribution in [2.75, 3.05) is 0 Å². The maximum Gasteiger partial charge on any atom is 0.142 e. The van der Waals surface area contributed by atoms with Crippen LogP contribution in [0.4, 0.5) is 8.78 Å². The zero-order chi connectivity index (χ0) is 19.0. The van der Waals surface area contributed by atoms with Gasteiger partial charge in [-0.2, -0.15) is 5.10 Å². The molecule has 132 valence electrons. The van der Waals surface area contributed by atoms with E-state index < -0.39 is 5.82 Å². The van der Waals surface area contributed by atoms with Crippen molar-refractivity contribution in [2.45, 2.75) is 13.0 Å². The number of hydrogen-bond acceptors (Lipinski definition) is 3. The Kier molecular flexibility index (Phi) is 4.13. The molecule has 4 rings (SSSR count). The van der Waals surface area contributed by atoms with Gasteiger partial charge in [-0.05, 0) is 49.2 Å². The number of fused-ring (bicyclic) bond motifs is 1. The van der Waals surface area contributed by atoms with E-state index in [1.54, 1.807) is 35.3 Å². The number of hydrogen-bond donors (Lipinski definition) is 0. The Bertz CT molecular complexity index is 1190. The number of terminal acetylenes is 1. The smallest absolute Gasteiger partial charge is 0.142 e. The SMILES string of the molecule is C#Cc1ccn(C(C)c2nc3ccc(F)cc3cc2-c2cncc(F)c2)n1. The van der Waals surface area contributed by atoms with Crippen molar-refractivity contribution >= 4 is 10.9 Å². The van der Waals surface area contributed by atoms with Crippen molar-refractivity contribution in [1.29, 1.82) is 0 Å². The molecule has 0 spiro atoms. The lowest BCUT2D eigenvalue weighted by molar-refractivity contribution is 0.553. The van der Waals surface area contributed by atoms with Crippen LogP contribution in [-0.4, -0.2) is 19.7 Å². The van der Waals surface area contributed by atoms with Crippen molar-refractivity contribution in [2.24, 2.45) is 0 Å². The average molecular weight is 360 g/mol. The summed E-state index contributed by atoms with van der Waals surface area (Å²) in [4.78, 5) is 8.63. The minimum atomic E-state index is -0.459. The fraction of sp³-hybridized carbons (Fsp3) is 0.0952. The van der Waals surface area contributed by atoms with Gasteiger partial charge in [0.25, 0.3) is 0 Å². The first-order chi connectivity index (χ1) is 13.0.